The first kappa shape index (κ1) is 14.8. The lowest BCUT2D eigenvalue weighted by molar-refractivity contribution is 0.0271. The molecular weight excluding hydrogens is 282 g/mol. The number of anilines is 1. The molecule has 3 rings (SSSR count). The number of aromatic nitrogens is 4. The van der Waals surface area contributed by atoms with Crippen LogP contribution in [-0.4, -0.2) is 52.2 Å². The normalized spacial score (nSPS) is 18.5. The van der Waals surface area contributed by atoms with E-state index in [0.29, 0.717) is 19.1 Å². The van der Waals surface area contributed by atoms with Crippen molar-refractivity contribution in [3.8, 4) is 5.88 Å². The Balaban J connectivity index is 1.66. The van der Waals surface area contributed by atoms with E-state index in [2.05, 4.69) is 20.0 Å². The number of aryl methyl sites for hydroxylation is 1. The molecule has 1 aliphatic rings. The Hall–Kier alpha value is -2.15. The maximum absolute atomic E-state index is 5.84. The van der Waals surface area contributed by atoms with Crippen LogP contribution in [0.1, 0.15) is 12.5 Å². The van der Waals surface area contributed by atoms with Gasteiger partial charge in [-0.05, 0) is 19.4 Å². The fourth-order valence-corrected chi connectivity index (χ4v) is 2.54. The lowest BCUT2D eigenvalue weighted by atomic mass is 10.2. The van der Waals surface area contributed by atoms with E-state index in [4.69, 9.17) is 9.47 Å². The molecule has 0 spiro atoms. The summed E-state index contributed by atoms with van der Waals surface area (Å²) in [6, 6.07) is 1.88. The molecule has 0 unspecified atom stereocenters. The van der Waals surface area contributed by atoms with E-state index in [1.165, 1.54) is 0 Å². The predicted molar refractivity (Wildman–Crippen MR) is 82.1 cm³/mol. The van der Waals surface area contributed by atoms with Gasteiger partial charge in [0.25, 0.3) is 0 Å². The summed E-state index contributed by atoms with van der Waals surface area (Å²) in [5.41, 5.74) is 1.16. The lowest BCUT2D eigenvalue weighted by Gasteiger charge is -2.33. The zero-order valence-electron chi connectivity index (χ0n) is 13.0. The van der Waals surface area contributed by atoms with Crippen molar-refractivity contribution in [3.05, 3.63) is 30.4 Å². The van der Waals surface area contributed by atoms with Crippen molar-refractivity contribution in [3.63, 3.8) is 0 Å². The average Bonchev–Trinajstić information content (AvgIpc) is 2.93. The zero-order valence-corrected chi connectivity index (χ0v) is 13.0. The van der Waals surface area contributed by atoms with Crippen molar-refractivity contribution < 1.29 is 9.47 Å². The molecular formula is C15H21N5O2. The Morgan fingerprint density at radius 3 is 3.09 bits per heavy atom. The highest BCUT2D eigenvalue weighted by molar-refractivity contribution is 5.41. The SMILES string of the molecule is CCOc1cc(N2CCO[C@@H](Cn3cc(C)cn3)C2)ncn1. The smallest absolute Gasteiger partial charge is 0.218 e. The Morgan fingerprint density at radius 2 is 2.32 bits per heavy atom. The van der Waals surface area contributed by atoms with Gasteiger partial charge in [-0.2, -0.15) is 5.10 Å². The Kier molecular flexibility index (Phi) is 4.53. The topological polar surface area (TPSA) is 65.3 Å². The number of nitrogens with zero attached hydrogens (tertiary/aromatic N) is 5. The summed E-state index contributed by atoms with van der Waals surface area (Å²) >= 11 is 0. The Bertz CT molecular complexity index is 615. The summed E-state index contributed by atoms with van der Waals surface area (Å²) in [6.45, 7) is 7.60. The van der Waals surface area contributed by atoms with Gasteiger partial charge in [-0.1, -0.05) is 0 Å². The van der Waals surface area contributed by atoms with E-state index in [1.807, 2.05) is 37.0 Å². The van der Waals surface area contributed by atoms with Gasteiger partial charge in [-0.25, -0.2) is 9.97 Å². The standard InChI is InChI=1S/C15H21N5O2/c1-3-21-15-6-14(16-11-17-15)19-4-5-22-13(9-19)10-20-8-12(2)7-18-20/h6-8,11,13H,3-5,9-10H2,1-2H3/t13-/m1/s1. The molecule has 3 heterocycles. The number of rotatable bonds is 5. The molecule has 0 aliphatic carbocycles. The largest absolute Gasteiger partial charge is 0.478 e. The molecule has 0 aromatic carbocycles. The maximum atomic E-state index is 5.84. The number of hydrogen-bond acceptors (Lipinski definition) is 6. The highest BCUT2D eigenvalue weighted by Gasteiger charge is 2.22. The first-order valence-electron chi connectivity index (χ1n) is 7.55. The molecule has 1 saturated heterocycles. The van der Waals surface area contributed by atoms with Crippen LogP contribution in [0, 0.1) is 6.92 Å². The summed E-state index contributed by atoms with van der Waals surface area (Å²) in [5, 5.41) is 4.32. The van der Waals surface area contributed by atoms with Crippen LogP contribution >= 0.6 is 0 Å². The van der Waals surface area contributed by atoms with Crippen molar-refractivity contribution in [2.24, 2.45) is 0 Å². The maximum Gasteiger partial charge on any atom is 0.218 e. The molecule has 0 amide bonds. The molecule has 7 heteroatoms. The molecule has 0 radical (unpaired) electrons. The second-order valence-corrected chi connectivity index (χ2v) is 5.33. The summed E-state index contributed by atoms with van der Waals surface area (Å²) in [7, 11) is 0. The fourth-order valence-electron chi connectivity index (χ4n) is 2.54. The van der Waals surface area contributed by atoms with Crippen LogP contribution in [0.15, 0.2) is 24.8 Å². The van der Waals surface area contributed by atoms with Crippen molar-refractivity contribution >= 4 is 5.82 Å². The van der Waals surface area contributed by atoms with Crippen LogP contribution in [0.3, 0.4) is 0 Å². The molecule has 0 N–H and O–H groups in total. The summed E-state index contributed by atoms with van der Waals surface area (Å²) in [4.78, 5) is 10.7. The number of hydrogen-bond donors (Lipinski definition) is 0. The van der Waals surface area contributed by atoms with E-state index in [0.717, 1.165) is 31.0 Å². The van der Waals surface area contributed by atoms with Crippen LogP contribution in [0.2, 0.25) is 0 Å². The molecule has 1 fully saturated rings. The summed E-state index contributed by atoms with van der Waals surface area (Å²) in [5.74, 6) is 1.49. The molecule has 118 valence electrons. The zero-order chi connectivity index (χ0) is 15.4. The van der Waals surface area contributed by atoms with Crippen LogP contribution in [-0.2, 0) is 11.3 Å². The lowest BCUT2D eigenvalue weighted by Crippen LogP contribution is -2.44. The Labute approximate surface area is 129 Å². The van der Waals surface area contributed by atoms with Gasteiger partial charge in [0.2, 0.25) is 5.88 Å². The van der Waals surface area contributed by atoms with Gasteiger partial charge in [0.05, 0.1) is 32.1 Å². The minimum absolute atomic E-state index is 0.0959. The molecule has 2 aromatic rings. The van der Waals surface area contributed by atoms with Gasteiger partial charge in [-0.15, -0.1) is 0 Å². The van der Waals surface area contributed by atoms with Crippen molar-refractivity contribution in [2.45, 2.75) is 26.5 Å². The second kappa shape index (κ2) is 6.74. The highest BCUT2D eigenvalue weighted by atomic mass is 16.5. The van der Waals surface area contributed by atoms with Gasteiger partial charge in [0, 0.05) is 25.4 Å². The minimum Gasteiger partial charge on any atom is -0.478 e. The van der Waals surface area contributed by atoms with E-state index in [-0.39, 0.29) is 6.10 Å². The van der Waals surface area contributed by atoms with Crippen molar-refractivity contribution in [2.75, 3.05) is 31.2 Å². The van der Waals surface area contributed by atoms with E-state index < -0.39 is 0 Å². The third kappa shape index (κ3) is 3.54. The third-order valence-electron chi connectivity index (χ3n) is 3.54. The first-order valence-corrected chi connectivity index (χ1v) is 7.55. The fraction of sp³-hybridized carbons (Fsp3) is 0.533. The first-order chi connectivity index (χ1) is 10.7. The summed E-state index contributed by atoms with van der Waals surface area (Å²) in [6.07, 6.45) is 5.53. The van der Waals surface area contributed by atoms with Crippen molar-refractivity contribution in [1.82, 2.24) is 19.7 Å². The molecule has 22 heavy (non-hydrogen) atoms. The van der Waals surface area contributed by atoms with Crippen molar-refractivity contribution in [1.29, 1.82) is 0 Å². The van der Waals surface area contributed by atoms with Crippen LogP contribution < -0.4 is 9.64 Å². The monoisotopic (exact) mass is 303 g/mol. The number of morpholine rings is 1. The molecule has 1 aliphatic heterocycles. The van der Waals surface area contributed by atoms with E-state index >= 15 is 0 Å². The minimum atomic E-state index is 0.0959. The van der Waals surface area contributed by atoms with Gasteiger partial charge in [0.15, 0.2) is 0 Å². The highest BCUT2D eigenvalue weighted by Crippen LogP contribution is 2.19. The van der Waals surface area contributed by atoms with Crippen LogP contribution in [0.4, 0.5) is 5.82 Å². The van der Waals surface area contributed by atoms with Gasteiger partial charge < -0.3 is 14.4 Å². The van der Waals surface area contributed by atoms with Crippen LogP contribution in [0.25, 0.3) is 0 Å². The van der Waals surface area contributed by atoms with Gasteiger partial charge in [-0.3, -0.25) is 4.68 Å². The predicted octanol–water partition coefficient (Wildman–Crippen LogP) is 1.29. The van der Waals surface area contributed by atoms with E-state index in [1.54, 1.807) is 6.33 Å². The molecule has 7 nitrogen and oxygen atoms in total. The van der Waals surface area contributed by atoms with Gasteiger partial charge >= 0.3 is 0 Å². The summed E-state index contributed by atoms with van der Waals surface area (Å²) < 4.78 is 13.2. The average molecular weight is 303 g/mol. The van der Waals surface area contributed by atoms with Gasteiger partial charge in [0.1, 0.15) is 12.1 Å². The third-order valence-corrected chi connectivity index (χ3v) is 3.54. The second-order valence-electron chi connectivity index (χ2n) is 5.33. The molecule has 0 saturated carbocycles. The number of ether oxygens (including phenoxy) is 2. The van der Waals surface area contributed by atoms with Crippen LogP contribution in [0.5, 0.6) is 5.88 Å². The van der Waals surface area contributed by atoms with E-state index in [9.17, 15) is 0 Å². The quantitative estimate of drug-likeness (QED) is 0.829. The molecule has 1 atom stereocenters. The Morgan fingerprint density at radius 1 is 1.41 bits per heavy atom. The molecule has 0 bridgehead atoms. The molecule has 2 aromatic heterocycles.